The van der Waals surface area contributed by atoms with Gasteiger partial charge in [0.15, 0.2) is 5.82 Å². The van der Waals surface area contributed by atoms with Crippen LogP contribution in [0.25, 0.3) is 10.9 Å². The number of benzene rings is 2. The van der Waals surface area contributed by atoms with Gasteiger partial charge in [0.1, 0.15) is 23.5 Å². The van der Waals surface area contributed by atoms with Crippen LogP contribution in [0.2, 0.25) is 0 Å². The van der Waals surface area contributed by atoms with Crippen LogP contribution in [-0.4, -0.2) is 97.9 Å². The lowest BCUT2D eigenvalue weighted by atomic mass is 10.0. The lowest BCUT2D eigenvalue weighted by Crippen LogP contribution is -2.44. The van der Waals surface area contributed by atoms with E-state index in [0.717, 1.165) is 34.9 Å². The number of para-hydroxylation sites is 1. The number of carbonyl (C=O) groups is 3. The maximum Gasteiger partial charge on any atom is 0.407 e. The summed E-state index contributed by atoms with van der Waals surface area (Å²) in [5.41, 5.74) is 3.84. The van der Waals surface area contributed by atoms with E-state index < -0.39 is 23.6 Å². The van der Waals surface area contributed by atoms with Crippen LogP contribution in [0.4, 0.5) is 15.0 Å². The normalized spacial score (nSPS) is 16.1. The first-order valence-electron chi connectivity index (χ1n) is 19.0. The highest BCUT2D eigenvalue weighted by Crippen LogP contribution is 2.40. The molecule has 1 saturated carbocycles. The van der Waals surface area contributed by atoms with E-state index in [2.05, 4.69) is 43.4 Å². The van der Waals surface area contributed by atoms with Crippen LogP contribution >= 0.6 is 0 Å². The monoisotopic (exact) mass is 752 g/mol. The molecule has 13 nitrogen and oxygen atoms in total. The topological polar surface area (TPSA) is 135 Å². The Morgan fingerprint density at radius 1 is 1.04 bits per heavy atom. The van der Waals surface area contributed by atoms with E-state index in [1.54, 1.807) is 4.90 Å². The molecule has 2 aliphatic heterocycles. The third kappa shape index (κ3) is 8.42. The van der Waals surface area contributed by atoms with Gasteiger partial charge >= 0.3 is 6.09 Å². The van der Waals surface area contributed by atoms with Gasteiger partial charge < -0.3 is 34.1 Å². The summed E-state index contributed by atoms with van der Waals surface area (Å²) in [7, 11) is 0. The highest BCUT2D eigenvalue weighted by molar-refractivity contribution is 5.97. The van der Waals surface area contributed by atoms with E-state index in [1.807, 2.05) is 63.5 Å². The number of hydrogen-bond donors (Lipinski definition) is 1. The molecule has 290 valence electrons. The van der Waals surface area contributed by atoms with Gasteiger partial charge in [0, 0.05) is 74.4 Å². The van der Waals surface area contributed by atoms with Crippen molar-refractivity contribution in [1.29, 1.82) is 0 Å². The third-order valence-corrected chi connectivity index (χ3v) is 10.2. The molecule has 0 saturated heterocycles. The predicted molar refractivity (Wildman–Crippen MR) is 206 cm³/mol. The number of fused-ring (bicyclic) bond motifs is 1. The van der Waals surface area contributed by atoms with Gasteiger partial charge in [0.25, 0.3) is 11.8 Å². The van der Waals surface area contributed by atoms with Crippen LogP contribution in [0.1, 0.15) is 82.8 Å². The fourth-order valence-corrected chi connectivity index (χ4v) is 7.56. The molecule has 7 rings (SSSR count). The number of carbonyl (C=O) groups excluding carboxylic acids is 3. The summed E-state index contributed by atoms with van der Waals surface area (Å²) in [6.07, 6.45) is 5.85. The zero-order chi connectivity index (χ0) is 39.0. The fraction of sp³-hybridized carbons (Fsp3) is 0.463. The average molecular weight is 753 g/mol. The molecule has 3 aliphatic rings. The van der Waals surface area contributed by atoms with E-state index in [4.69, 9.17) is 9.47 Å². The van der Waals surface area contributed by atoms with Crippen molar-refractivity contribution in [2.45, 2.75) is 91.0 Å². The minimum absolute atomic E-state index is 0.0586. The quantitative estimate of drug-likeness (QED) is 0.162. The first-order valence-corrected chi connectivity index (χ1v) is 19.0. The summed E-state index contributed by atoms with van der Waals surface area (Å²) in [6.45, 7) is 13.4. The maximum atomic E-state index is 14.4. The van der Waals surface area contributed by atoms with Gasteiger partial charge in [0.2, 0.25) is 5.91 Å². The van der Waals surface area contributed by atoms with Gasteiger partial charge in [-0.25, -0.2) is 14.2 Å². The summed E-state index contributed by atoms with van der Waals surface area (Å²) in [6, 6.07) is 12.0. The maximum absolute atomic E-state index is 14.4. The number of halogens is 1. The second-order valence-corrected chi connectivity index (χ2v) is 15.9. The van der Waals surface area contributed by atoms with E-state index >= 15 is 0 Å². The number of amides is 3. The molecule has 4 aromatic rings. The molecule has 0 bridgehead atoms. The lowest BCUT2D eigenvalue weighted by Gasteiger charge is -2.27. The Kier molecular flexibility index (Phi) is 10.5. The van der Waals surface area contributed by atoms with Crippen LogP contribution in [0.3, 0.4) is 0 Å². The van der Waals surface area contributed by atoms with Gasteiger partial charge in [-0.2, -0.15) is 0 Å². The molecule has 3 amide bonds. The number of hydrogen-bond acceptors (Lipinski definition) is 9. The molecular formula is C41H49FN8O5. The van der Waals surface area contributed by atoms with Crippen molar-refractivity contribution in [1.82, 2.24) is 34.9 Å². The number of anilines is 1. The Bertz CT molecular complexity index is 2120. The second kappa shape index (κ2) is 15.3. The first-order chi connectivity index (χ1) is 26.3. The molecule has 4 heterocycles. The second-order valence-electron chi connectivity index (χ2n) is 15.9. The Morgan fingerprint density at radius 2 is 1.76 bits per heavy atom. The van der Waals surface area contributed by atoms with Crippen molar-refractivity contribution in [3.8, 4) is 11.6 Å². The molecule has 2 aromatic heterocycles. The SMILES string of the molecule is CCN(C(=O)c1cc(F)ccc1Oc1nncnc1N1CC2=C(CN(C(=O)C[C@@H](Cc3cn(C4CC4)c4ccccc34)NC(=O)OC(C)(C)C)C2)C1)C(C)C. The van der Waals surface area contributed by atoms with E-state index in [1.165, 1.54) is 30.0 Å². The molecule has 1 fully saturated rings. The number of ether oxygens (including phenoxy) is 2. The number of alkyl carbamates (subject to hydrolysis) is 1. The van der Waals surface area contributed by atoms with Crippen LogP contribution in [0.15, 0.2) is 66.1 Å². The minimum atomic E-state index is -0.682. The molecule has 14 heteroatoms. The average Bonchev–Trinajstić information content (AvgIpc) is 3.62. The zero-order valence-corrected chi connectivity index (χ0v) is 32.3. The van der Waals surface area contributed by atoms with Crippen LogP contribution in [-0.2, 0) is 16.0 Å². The fourth-order valence-electron chi connectivity index (χ4n) is 7.56. The van der Waals surface area contributed by atoms with Gasteiger partial charge in [0.05, 0.1) is 5.56 Å². The highest BCUT2D eigenvalue weighted by Gasteiger charge is 2.36. The summed E-state index contributed by atoms with van der Waals surface area (Å²) in [5.74, 6) is -0.308. The predicted octanol–water partition coefficient (Wildman–Crippen LogP) is 6.45. The van der Waals surface area contributed by atoms with Crippen molar-refractivity contribution in [2.24, 2.45) is 0 Å². The third-order valence-electron chi connectivity index (χ3n) is 10.2. The Morgan fingerprint density at radius 3 is 2.44 bits per heavy atom. The highest BCUT2D eigenvalue weighted by atomic mass is 19.1. The van der Waals surface area contributed by atoms with Crippen LogP contribution in [0, 0.1) is 5.82 Å². The number of nitrogens with zero attached hydrogens (tertiary/aromatic N) is 7. The number of nitrogens with one attached hydrogen (secondary N) is 1. The zero-order valence-electron chi connectivity index (χ0n) is 32.3. The molecule has 0 unspecified atom stereocenters. The van der Waals surface area contributed by atoms with Crippen LogP contribution in [0.5, 0.6) is 11.6 Å². The van der Waals surface area contributed by atoms with E-state index in [-0.39, 0.29) is 41.5 Å². The Hall–Kier alpha value is -5.53. The van der Waals surface area contributed by atoms with Gasteiger partial charge in [-0.15, -0.1) is 10.2 Å². The van der Waals surface area contributed by atoms with Gasteiger partial charge in [-0.3, -0.25) is 9.59 Å². The van der Waals surface area contributed by atoms with E-state index in [9.17, 15) is 18.8 Å². The summed E-state index contributed by atoms with van der Waals surface area (Å²) in [4.78, 5) is 50.3. The number of aromatic nitrogens is 4. The van der Waals surface area contributed by atoms with Crippen molar-refractivity contribution in [3.63, 3.8) is 0 Å². The molecule has 1 N–H and O–H groups in total. The summed E-state index contributed by atoms with van der Waals surface area (Å²) >= 11 is 0. The molecule has 55 heavy (non-hydrogen) atoms. The summed E-state index contributed by atoms with van der Waals surface area (Å²) in [5, 5.41) is 12.3. The van der Waals surface area contributed by atoms with Crippen molar-refractivity contribution >= 4 is 34.6 Å². The molecule has 0 radical (unpaired) electrons. The molecular weight excluding hydrogens is 704 g/mol. The molecule has 1 aliphatic carbocycles. The largest absolute Gasteiger partial charge is 0.444 e. The van der Waals surface area contributed by atoms with Crippen molar-refractivity contribution < 1.29 is 28.2 Å². The summed E-state index contributed by atoms with van der Waals surface area (Å²) < 4.78 is 28.5. The Labute approximate surface area is 320 Å². The van der Waals surface area contributed by atoms with Crippen molar-refractivity contribution in [3.05, 3.63) is 83.1 Å². The van der Waals surface area contributed by atoms with Gasteiger partial charge in [-0.1, -0.05) is 18.2 Å². The van der Waals surface area contributed by atoms with Crippen molar-refractivity contribution in [2.75, 3.05) is 37.6 Å². The van der Waals surface area contributed by atoms with Crippen LogP contribution < -0.4 is 15.0 Å². The standard InChI is InChI=1S/C41H49FN8O5/c1-7-49(25(2)3)39(52)33-17-29(42)12-15-35(33)54-38-37(43-24-44-46-38)48-21-27-19-47(20-28(27)22-48)36(51)18-30(45-40(53)55-41(4,5)6)16-26-23-50(31-13-14-31)34-11-9-8-10-32(26)34/h8-12,15,17,23-25,30-31H,7,13-14,16,18-22H2,1-6H3,(H,45,53)/t30-/m1/s1. The Balaban J connectivity index is 1.03. The first kappa shape index (κ1) is 37.8. The molecule has 0 spiro atoms. The number of rotatable bonds is 12. The lowest BCUT2D eigenvalue weighted by molar-refractivity contribution is -0.130. The van der Waals surface area contributed by atoms with Gasteiger partial charge in [-0.05, 0) is 102 Å². The minimum Gasteiger partial charge on any atom is -0.444 e. The smallest absolute Gasteiger partial charge is 0.407 e. The van der Waals surface area contributed by atoms with E-state index in [0.29, 0.717) is 51.0 Å². The molecule has 1 atom stereocenters. The molecule has 2 aromatic carbocycles.